The van der Waals surface area contributed by atoms with Gasteiger partial charge >= 0.3 is 0 Å². The van der Waals surface area contributed by atoms with Gasteiger partial charge < -0.3 is 9.84 Å². The van der Waals surface area contributed by atoms with Crippen molar-refractivity contribution in [1.82, 2.24) is 0 Å². The molecule has 0 radical (unpaired) electrons. The van der Waals surface area contributed by atoms with Crippen LogP contribution in [0.1, 0.15) is 18.4 Å². The van der Waals surface area contributed by atoms with E-state index in [0.717, 1.165) is 13.0 Å². The van der Waals surface area contributed by atoms with Crippen molar-refractivity contribution in [2.75, 3.05) is 6.61 Å². The van der Waals surface area contributed by atoms with Gasteiger partial charge in [-0.15, -0.1) is 6.58 Å². The molecule has 17 heavy (non-hydrogen) atoms. The van der Waals surface area contributed by atoms with Gasteiger partial charge in [0, 0.05) is 0 Å². The summed E-state index contributed by atoms with van der Waals surface area (Å²) in [5.74, 6) is 0.956. The topological polar surface area (TPSA) is 29.5 Å². The van der Waals surface area contributed by atoms with Crippen LogP contribution < -0.4 is 0 Å². The summed E-state index contributed by atoms with van der Waals surface area (Å²) < 4.78 is 5.67. The molecule has 1 fully saturated rings. The van der Waals surface area contributed by atoms with Crippen LogP contribution in [0, 0.1) is 11.8 Å². The van der Waals surface area contributed by atoms with Gasteiger partial charge in [0.1, 0.15) is 0 Å². The molecule has 0 heterocycles. The Kier molecular flexibility index (Phi) is 4.35. The van der Waals surface area contributed by atoms with Crippen LogP contribution >= 0.6 is 0 Å². The lowest BCUT2D eigenvalue weighted by Crippen LogP contribution is -2.11. The highest BCUT2D eigenvalue weighted by molar-refractivity contribution is 5.13. The number of hydrogen-bond donors (Lipinski definition) is 1. The van der Waals surface area contributed by atoms with Crippen LogP contribution in [0.3, 0.4) is 0 Å². The molecule has 0 aromatic heterocycles. The van der Waals surface area contributed by atoms with Gasteiger partial charge in [-0.25, -0.2) is 0 Å². The van der Waals surface area contributed by atoms with Crippen molar-refractivity contribution < 1.29 is 9.84 Å². The number of aliphatic hydroxyl groups is 1. The summed E-state index contributed by atoms with van der Waals surface area (Å²) in [6, 6.07) is 10.2. The summed E-state index contributed by atoms with van der Waals surface area (Å²) in [5.41, 5.74) is 1.20. The predicted molar refractivity (Wildman–Crippen MR) is 68.5 cm³/mol. The fourth-order valence-electron chi connectivity index (χ4n) is 2.18. The molecule has 0 amide bonds. The molecular weight excluding hydrogens is 212 g/mol. The lowest BCUT2D eigenvalue weighted by Gasteiger charge is -2.07. The van der Waals surface area contributed by atoms with E-state index in [9.17, 15) is 5.11 Å². The summed E-state index contributed by atoms with van der Waals surface area (Å²) in [4.78, 5) is 0. The smallest absolute Gasteiger partial charge is 0.0717 e. The van der Waals surface area contributed by atoms with Crippen molar-refractivity contribution in [3.05, 3.63) is 48.6 Å². The highest BCUT2D eigenvalue weighted by atomic mass is 16.5. The zero-order valence-corrected chi connectivity index (χ0v) is 10.1. The Morgan fingerprint density at radius 2 is 2.18 bits per heavy atom. The fourth-order valence-corrected chi connectivity index (χ4v) is 2.18. The molecule has 3 atom stereocenters. The molecule has 1 saturated carbocycles. The number of aliphatic hydroxyl groups excluding tert-OH is 1. The van der Waals surface area contributed by atoms with Gasteiger partial charge in [0.05, 0.1) is 19.3 Å². The summed E-state index contributed by atoms with van der Waals surface area (Å²) in [7, 11) is 0. The molecule has 0 unspecified atom stereocenters. The SMILES string of the molecule is C=CC[C@@H](O)[C@H]1C[C@@H]1COCc1ccccc1. The standard InChI is InChI=1S/C15H20O2/c1-2-6-15(16)14-9-13(14)11-17-10-12-7-4-3-5-8-12/h2-5,7-8,13-16H,1,6,9-11H2/t13-,14+,15-/m1/s1. The van der Waals surface area contributed by atoms with E-state index in [2.05, 4.69) is 18.7 Å². The zero-order valence-electron chi connectivity index (χ0n) is 10.1. The maximum Gasteiger partial charge on any atom is 0.0717 e. The highest BCUT2D eigenvalue weighted by Gasteiger charge is 2.41. The first kappa shape index (κ1) is 12.3. The van der Waals surface area contributed by atoms with Crippen LogP contribution in [0.4, 0.5) is 0 Å². The van der Waals surface area contributed by atoms with Gasteiger partial charge in [0.15, 0.2) is 0 Å². The molecule has 2 nitrogen and oxygen atoms in total. The monoisotopic (exact) mass is 232 g/mol. The van der Waals surface area contributed by atoms with Gasteiger partial charge in [-0.2, -0.15) is 0 Å². The van der Waals surface area contributed by atoms with Gasteiger partial charge in [0.25, 0.3) is 0 Å². The molecule has 1 aliphatic rings. The van der Waals surface area contributed by atoms with Gasteiger partial charge in [-0.05, 0) is 30.2 Å². The second kappa shape index (κ2) is 5.99. The molecule has 0 aliphatic heterocycles. The molecule has 1 aromatic carbocycles. The average Bonchev–Trinajstić information content (AvgIpc) is 3.10. The third-order valence-electron chi connectivity index (χ3n) is 3.32. The minimum Gasteiger partial charge on any atom is -0.393 e. The Bertz CT molecular complexity index is 347. The number of ether oxygens (including phenoxy) is 1. The second-order valence-electron chi connectivity index (χ2n) is 4.75. The van der Waals surface area contributed by atoms with Gasteiger partial charge in [0.2, 0.25) is 0 Å². The Morgan fingerprint density at radius 3 is 2.88 bits per heavy atom. The molecular formula is C15H20O2. The van der Waals surface area contributed by atoms with Crippen molar-refractivity contribution in [3.8, 4) is 0 Å². The second-order valence-corrected chi connectivity index (χ2v) is 4.75. The predicted octanol–water partition coefficient (Wildman–Crippen LogP) is 2.78. The summed E-state index contributed by atoms with van der Waals surface area (Å²) in [6.45, 7) is 5.07. The average molecular weight is 232 g/mol. The van der Waals surface area contributed by atoms with E-state index in [1.807, 2.05) is 18.2 Å². The lowest BCUT2D eigenvalue weighted by atomic mass is 10.1. The van der Waals surface area contributed by atoms with E-state index in [4.69, 9.17) is 4.74 Å². The number of benzene rings is 1. The van der Waals surface area contributed by atoms with E-state index in [-0.39, 0.29) is 6.10 Å². The van der Waals surface area contributed by atoms with Crippen molar-refractivity contribution in [3.63, 3.8) is 0 Å². The maximum atomic E-state index is 9.75. The largest absolute Gasteiger partial charge is 0.393 e. The van der Waals surface area contributed by atoms with Crippen molar-refractivity contribution in [2.24, 2.45) is 11.8 Å². The van der Waals surface area contributed by atoms with Crippen LogP contribution in [0.15, 0.2) is 43.0 Å². The normalized spacial score (nSPS) is 24.3. The Morgan fingerprint density at radius 1 is 1.41 bits per heavy atom. The quantitative estimate of drug-likeness (QED) is 0.732. The first-order chi connectivity index (χ1) is 8.31. The van der Waals surface area contributed by atoms with E-state index in [1.54, 1.807) is 6.08 Å². The number of rotatable bonds is 7. The minimum atomic E-state index is -0.224. The first-order valence-electron chi connectivity index (χ1n) is 6.22. The highest BCUT2D eigenvalue weighted by Crippen LogP contribution is 2.42. The van der Waals surface area contributed by atoms with Crippen molar-refractivity contribution >= 4 is 0 Å². The maximum absolute atomic E-state index is 9.75. The molecule has 1 aromatic rings. The van der Waals surface area contributed by atoms with Gasteiger partial charge in [-0.3, -0.25) is 0 Å². The van der Waals surface area contributed by atoms with Crippen molar-refractivity contribution in [1.29, 1.82) is 0 Å². The third-order valence-corrected chi connectivity index (χ3v) is 3.32. The van der Waals surface area contributed by atoms with Crippen LogP contribution in [-0.2, 0) is 11.3 Å². The Balaban J connectivity index is 1.63. The molecule has 1 aliphatic carbocycles. The van der Waals surface area contributed by atoms with Crippen LogP contribution in [-0.4, -0.2) is 17.8 Å². The third kappa shape index (κ3) is 3.69. The summed E-state index contributed by atoms with van der Waals surface area (Å²) >= 11 is 0. The zero-order chi connectivity index (χ0) is 12.1. The first-order valence-corrected chi connectivity index (χ1v) is 6.22. The molecule has 0 spiro atoms. The van der Waals surface area contributed by atoms with Crippen LogP contribution in [0.25, 0.3) is 0 Å². The molecule has 0 bridgehead atoms. The van der Waals surface area contributed by atoms with Gasteiger partial charge in [-0.1, -0.05) is 36.4 Å². The van der Waals surface area contributed by atoms with Crippen LogP contribution in [0.5, 0.6) is 0 Å². The lowest BCUT2D eigenvalue weighted by molar-refractivity contribution is 0.0909. The molecule has 2 rings (SSSR count). The molecule has 0 saturated heterocycles. The van der Waals surface area contributed by atoms with E-state index >= 15 is 0 Å². The minimum absolute atomic E-state index is 0.224. The molecule has 2 heteroatoms. The number of hydrogen-bond acceptors (Lipinski definition) is 2. The molecule has 1 N–H and O–H groups in total. The van der Waals surface area contributed by atoms with Crippen molar-refractivity contribution in [2.45, 2.75) is 25.6 Å². The van der Waals surface area contributed by atoms with Crippen LogP contribution in [0.2, 0.25) is 0 Å². The molecule has 92 valence electrons. The summed E-state index contributed by atoms with van der Waals surface area (Å²) in [6.07, 6.45) is 3.34. The van der Waals surface area contributed by atoms with E-state index in [0.29, 0.717) is 24.9 Å². The van der Waals surface area contributed by atoms with E-state index < -0.39 is 0 Å². The Hall–Kier alpha value is -1.12. The van der Waals surface area contributed by atoms with E-state index in [1.165, 1.54) is 5.56 Å². The fraction of sp³-hybridized carbons (Fsp3) is 0.467. The summed E-state index contributed by atoms with van der Waals surface area (Å²) in [5, 5.41) is 9.75. The Labute approximate surface area is 103 Å².